The van der Waals surface area contributed by atoms with Gasteiger partial charge in [0.15, 0.2) is 11.5 Å². The van der Waals surface area contributed by atoms with Crippen LogP contribution in [0.1, 0.15) is 60.9 Å². The van der Waals surface area contributed by atoms with Crippen LogP contribution in [0.4, 0.5) is 5.13 Å². The van der Waals surface area contributed by atoms with Crippen molar-refractivity contribution in [1.82, 2.24) is 20.3 Å². The summed E-state index contributed by atoms with van der Waals surface area (Å²) in [5, 5.41) is 16.2. The third-order valence-corrected chi connectivity index (χ3v) is 5.02. The molecule has 0 saturated carbocycles. The van der Waals surface area contributed by atoms with Crippen molar-refractivity contribution in [3.63, 3.8) is 0 Å². The lowest BCUT2D eigenvalue weighted by atomic mass is 10.1. The molecule has 0 aliphatic heterocycles. The van der Waals surface area contributed by atoms with E-state index in [1.807, 2.05) is 6.07 Å². The maximum absolute atomic E-state index is 12.3. The molecule has 0 unspecified atom stereocenters. The Morgan fingerprint density at radius 3 is 2.85 bits per heavy atom. The number of nitrogens with one attached hydrogen (secondary N) is 1. The van der Waals surface area contributed by atoms with Crippen LogP contribution in [0.25, 0.3) is 11.3 Å². The lowest BCUT2D eigenvalue weighted by Crippen LogP contribution is -2.11. The largest absolute Gasteiger partial charge is 0.355 e. The van der Waals surface area contributed by atoms with Crippen LogP contribution in [0.2, 0.25) is 0 Å². The lowest BCUT2D eigenvalue weighted by molar-refractivity contribution is 0.101. The minimum absolute atomic E-state index is 0.196. The smallest absolute Gasteiger partial charge is 0.279 e. The molecule has 142 valence electrons. The molecule has 0 atom stereocenters. The lowest BCUT2D eigenvalue weighted by Gasteiger charge is -1.98. The third-order valence-electron chi connectivity index (χ3n) is 4.12. The van der Waals surface area contributed by atoms with Gasteiger partial charge in [-0.15, -0.1) is 10.2 Å². The fourth-order valence-corrected chi connectivity index (χ4v) is 3.43. The molecule has 0 aromatic carbocycles. The molecule has 0 radical (unpaired) electrons. The summed E-state index contributed by atoms with van der Waals surface area (Å²) in [7, 11) is 0. The summed E-state index contributed by atoms with van der Waals surface area (Å²) >= 11 is 1.40. The van der Waals surface area contributed by atoms with E-state index in [0.29, 0.717) is 10.9 Å². The number of aryl methyl sites for hydroxylation is 1. The molecule has 27 heavy (non-hydrogen) atoms. The highest BCUT2D eigenvalue weighted by Gasteiger charge is 2.16. The molecular weight excluding hydrogens is 362 g/mol. The van der Waals surface area contributed by atoms with E-state index in [4.69, 9.17) is 4.52 Å². The molecule has 0 bridgehead atoms. The molecule has 3 heterocycles. The Kier molecular flexibility index (Phi) is 7.04. The Bertz CT molecular complexity index is 847. The van der Waals surface area contributed by atoms with E-state index >= 15 is 0 Å². The van der Waals surface area contributed by atoms with E-state index in [0.717, 1.165) is 23.4 Å². The third kappa shape index (κ3) is 5.68. The predicted octanol–water partition coefficient (Wildman–Crippen LogP) is 4.74. The van der Waals surface area contributed by atoms with Crippen molar-refractivity contribution >= 4 is 22.4 Å². The zero-order valence-electron chi connectivity index (χ0n) is 15.4. The first kappa shape index (κ1) is 19.2. The first-order valence-corrected chi connectivity index (χ1v) is 10.1. The average Bonchev–Trinajstić information content (AvgIpc) is 3.35. The van der Waals surface area contributed by atoms with Crippen LogP contribution in [0.5, 0.6) is 0 Å². The van der Waals surface area contributed by atoms with Crippen LogP contribution in [0.15, 0.2) is 35.1 Å². The number of hydrogen-bond donors (Lipinski definition) is 1. The van der Waals surface area contributed by atoms with E-state index < -0.39 is 0 Å². The monoisotopic (exact) mass is 385 g/mol. The van der Waals surface area contributed by atoms with Gasteiger partial charge in [0.25, 0.3) is 5.91 Å². The molecule has 8 heteroatoms. The summed E-state index contributed by atoms with van der Waals surface area (Å²) in [4.78, 5) is 16.3. The van der Waals surface area contributed by atoms with Crippen molar-refractivity contribution in [1.29, 1.82) is 0 Å². The number of pyridine rings is 1. The Labute approximate surface area is 162 Å². The van der Waals surface area contributed by atoms with Crippen LogP contribution in [0, 0.1) is 0 Å². The predicted molar refractivity (Wildman–Crippen MR) is 105 cm³/mol. The number of rotatable bonds is 10. The summed E-state index contributed by atoms with van der Waals surface area (Å²) in [6.45, 7) is 2.22. The van der Waals surface area contributed by atoms with Gasteiger partial charge < -0.3 is 4.52 Å². The number of anilines is 1. The Morgan fingerprint density at radius 1 is 1.19 bits per heavy atom. The maximum Gasteiger partial charge on any atom is 0.279 e. The molecule has 0 aliphatic rings. The van der Waals surface area contributed by atoms with E-state index in [1.165, 1.54) is 43.4 Å². The van der Waals surface area contributed by atoms with E-state index in [1.54, 1.807) is 24.5 Å². The first-order valence-electron chi connectivity index (χ1n) is 9.27. The first-order chi connectivity index (χ1) is 13.3. The van der Waals surface area contributed by atoms with Gasteiger partial charge in [-0.3, -0.25) is 15.1 Å². The molecule has 1 amide bonds. The van der Waals surface area contributed by atoms with Crippen LogP contribution in [0.3, 0.4) is 0 Å². The van der Waals surface area contributed by atoms with Gasteiger partial charge in [0.2, 0.25) is 5.13 Å². The highest BCUT2D eigenvalue weighted by molar-refractivity contribution is 7.15. The van der Waals surface area contributed by atoms with Gasteiger partial charge in [0.05, 0.1) is 0 Å². The Balaban J connectivity index is 1.49. The summed E-state index contributed by atoms with van der Waals surface area (Å²) in [6, 6.07) is 5.23. The second kappa shape index (κ2) is 9.91. The number of hydrogen-bond acceptors (Lipinski definition) is 7. The molecule has 0 saturated heterocycles. The molecule has 3 aromatic heterocycles. The van der Waals surface area contributed by atoms with Gasteiger partial charge in [-0.25, -0.2) is 0 Å². The second-order valence-corrected chi connectivity index (χ2v) is 7.35. The number of carbonyl (C=O) groups is 1. The van der Waals surface area contributed by atoms with E-state index in [2.05, 4.69) is 32.6 Å². The summed E-state index contributed by atoms with van der Waals surface area (Å²) < 4.78 is 5.22. The van der Waals surface area contributed by atoms with Crippen molar-refractivity contribution in [3.05, 3.63) is 41.3 Å². The van der Waals surface area contributed by atoms with Gasteiger partial charge in [0, 0.05) is 30.4 Å². The summed E-state index contributed by atoms with van der Waals surface area (Å²) in [5.74, 6) is 0.130. The average molecular weight is 385 g/mol. The van der Waals surface area contributed by atoms with Crippen LogP contribution < -0.4 is 5.32 Å². The number of aromatic nitrogens is 4. The fraction of sp³-hybridized carbons (Fsp3) is 0.421. The molecule has 0 aliphatic carbocycles. The molecule has 3 aromatic rings. The summed E-state index contributed by atoms with van der Waals surface area (Å²) in [5.41, 5.74) is 0.961. The molecule has 7 nitrogen and oxygen atoms in total. The zero-order chi connectivity index (χ0) is 18.9. The molecule has 0 fully saturated rings. The van der Waals surface area contributed by atoms with Crippen LogP contribution in [-0.2, 0) is 6.42 Å². The molecule has 1 N–H and O–H groups in total. The van der Waals surface area contributed by atoms with Gasteiger partial charge in [-0.05, 0) is 18.6 Å². The standard InChI is InChI=1S/C19H23N5O2S/c1-2-3-4-5-6-7-10-17-22-23-19(27-17)21-18(25)15-12-16(26-24-15)14-9-8-11-20-13-14/h8-9,11-13H,2-7,10H2,1H3,(H,21,23,25). The summed E-state index contributed by atoms with van der Waals surface area (Å²) in [6.07, 6.45) is 11.7. The van der Waals surface area contributed by atoms with Crippen molar-refractivity contribution < 1.29 is 9.32 Å². The van der Waals surface area contributed by atoms with E-state index in [9.17, 15) is 4.79 Å². The van der Waals surface area contributed by atoms with Crippen LogP contribution >= 0.6 is 11.3 Å². The van der Waals surface area contributed by atoms with Crippen molar-refractivity contribution in [3.8, 4) is 11.3 Å². The maximum atomic E-state index is 12.3. The van der Waals surface area contributed by atoms with Gasteiger partial charge in [0.1, 0.15) is 5.01 Å². The van der Waals surface area contributed by atoms with Gasteiger partial charge in [-0.2, -0.15) is 0 Å². The molecule has 0 spiro atoms. The zero-order valence-corrected chi connectivity index (χ0v) is 16.2. The quantitative estimate of drug-likeness (QED) is 0.506. The number of amides is 1. The Morgan fingerprint density at radius 2 is 2.04 bits per heavy atom. The highest BCUT2D eigenvalue weighted by atomic mass is 32.1. The van der Waals surface area contributed by atoms with E-state index in [-0.39, 0.29) is 11.6 Å². The van der Waals surface area contributed by atoms with Crippen LogP contribution in [-0.4, -0.2) is 26.2 Å². The SMILES string of the molecule is CCCCCCCCc1nnc(NC(=O)c2cc(-c3cccnc3)on2)s1. The van der Waals surface area contributed by atoms with Crippen molar-refractivity contribution in [2.45, 2.75) is 51.9 Å². The minimum Gasteiger partial charge on any atom is -0.355 e. The normalized spacial score (nSPS) is 10.9. The second-order valence-electron chi connectivity index (χ2n) is 6.29. The van der Waals surface area contributed by atoms with Crippen molar-refractivity contribution in [2.75, 3.05) is 5.32 Å². The van der Waals surface area contributed by atoms with Gasteiger partial charge in [-0.1, -0.05) is 55.5 Å². The number of nitrogens with zero attached hydrogens (tertiary/aromatic N) is 4. The van der Waals surface area contributed by atoms with Gasteiger partial charge >= 0.3 is 0 Å². The minimum atomic E-state index is -0.365. The van der Waals surface area contributed by atoms with Crippen molar-refractivity contribution in [2.24, 2.45) is 0 Å². The molecular formula is C19H23N5O2S. The fourth-order valence-electron chi connectivity index (χ4n) is 2.65. The topological polar surface area (TPSA) is 93.8 Å². The highest BCUT2D eigenvalue weighted by Crippen LogP contribution is 2.21. The number of carbonyl (C=O) groups excluding carboxylic acids is 1. The Hall–Kier alpha value is -2.61. The number of unbranched alkanes of at least 4 members (excludes halogenated alkanes) is 5. The molecule has 3 rings (SSSR count).